The minimum atomic E-state index is -3.54. The van der Waals surface area contributed by atoms with Crippen molar-refractivity contribution < 1.29 is 22.4 Å². The van der Waals surface area contributed by atoms with E-state index in [1.54, 1.807) is 42.2 Å². The lowest BCUT2D eigenvalue weighted by atomic mass is 10.2. The Hall–Kier alpha value is -2.16. The van der Waals surface area contributed by atoms with Gasteiger partial charge in [-0.25, -0.2) is 8.42 Å². The predicted octanol–water partition coefficient (Wildman–Crippen LogP) is 1.81. The molecule has 0 bridgehead atoms. The Balaban J connectivity index is 1.61. The number of hydrogen-bond donors (Lipinski definition) is 0. The fourth-order valence-electron chi connectivity index (χ4n) is 3.37. The summed E-state index contributed by atoms with van der Waals surface area (Å²) in [6.45, 7) is 3.85. The van der Waals surface area contributed by atoms with Crippen LogP contribution in [-0.2, 0) is 21.2 Å². The summed E-state index contributed by atoms with van der Waals surface area (Å²) >= 11 is 0. The number of benzene rings is 1. The molecule has 0 radical (unpaired) electrons. The average Bonchev–Trinajstić information content (AvgIpc) is 3.27. The van der Waals surface area contributed by atoms with Crippen molar-refractivity contribution in [3.05, 3.63) is 47.4 Å². The number of fused-ring (bicyclic) bond motifs is 1. The van der Waals surface area contributed by atoms with Gasteiger partial charge in [0.2, 0.25) is 10.0 Å². The number of ether oxygens (including phenoxy) is 1. The Morgan fingerprint density at radius 3 is 2.54 bits per heavy atom. The SMILES string of the molecule is Cc1ccc(C(=O)N2CCc3cc(S(=O)(=O)N4CCOCC4)ccc32)o1. The maximum atomic E-state index is 12.8. The second-order valence-corrected chi connectivity index (χ2v) is 8.36. The lowest BCUT2D eigenvalue weighted by molar-refractivity contribution is 0.0730. The van der Waals surface area contributed by atoms with Crippen LogP contribution in [0.5, 0.6) is 0 Å². The Bertz CT molecular complexity index is 944. The van der Waals surface area contributed by atoms with Gasteiger partial charge in [-0.3, -0.25) is 4.79 Å². The largest absolute Gasteiger partial charge is 0.456 e. The summed E-state index contributed by atoms with van der Waals surface area (Å²) in [4.78, 5) is 14.5. The van der Waals surface area contributed by atoms with E-state index in [-0.39, 0.29) is 10.8 Å². The van der Waals surface area contributed by atoms with Crippen molar-refractivity contribution in [3.63, 3.8) is 0 Å². The lowest BCUT2D eigenvalue weighted by Crippen LogP contribution is -2.40. The van der Waals surface area contributed by atoms with Gasteiger partial charge in [-0.15, -0.1) is 0 Å². The van der Waals surface area contributed by atoms with E-state index in [2.05, 4.69) is 0 Å². The van der Waals surface area contributed by atoms with Crippen LogP contribution in [0.2, 0.25) is 0 Å². The number of sulfonamides is 1. The number of rotatable bonds is 3. The first-order valence-corrected chi connectivity index (χ1v) is 10.00. The number of carbonyl (C=O) groups excluding carboxylic acids is 1. The molecule has 0 atom stereocenters. The highest BCUT2D eigenvalue weighted by atomic mass is 32.2. The fraction of sp³-hybridized carbons (Fsp3) is 0.389. The van der Waals surface area contributed by atoms with Gasteiger partial charge in [0.25, 0.3) is 5.91 Å². The first-order chi connectivity index (χ1) is 12.5. The van der Waals surface area contributed by atoms with Crippen molar-refractivity contribution in [2.75, 3.05) is 37.7 Å². The van der Waals surface area contributed by atoms with Crippen LogP contribution in [0.4, 0.5) is 5.69 Å². The van der Waals surface area contributed by atoms with Gasteiger partial charge in [0.15, 0.2) is 5.76 Å². The fourth-order valence-corrected chi connectivity index (χ4v) is 4.83. The van der Waals surface area contributed by atoms with E-state index >= 15 is 0 Å². The van der Waals surface area contributed by atoms with Crippen LogP contribution >= 0.6 is 0 Å². The zero-order valence-corrected chi connectivity index (χ0v) is 15.3. The van der Waals surface area contributed by atoms with Crippen molar-refractivity contribution in [1.29, 1.82) is 0 Å². The molecule has 0 unspecified atom stereocenters. The van der Waals surface area contributed by atoms with Gasteiger partial charge in [-0.05, 0) is 49.2 Å². The van der Waals surface area contributed by atoms with E-state index in [1.807, 2.05) is 0 Å². The van der Waals surface area contributed by atoms with Crippen molar-refractivity contribution in [2.45, 2.75) is 18.2 Å². The molecule has 1 saturated heterocycles. The molecule has 26 heavy (non-hydrogen) atoms. The smallest absolute Gasteiger partial charge is 0.293 e. The Morgan fingerprint density at radius 2 is 1.85 bits per heavy atom. The zero-order chi connectivity index (χ0) is 18.3. The summed E-state index contributed by atoms with van der Waals surface area (Å²) in [7, 11) is -3.54. The van der Waals surface area contributed by atoms with Crippen molar-refractivity contribution in [2.24, 2.45) is 0 Å². The highest BCUT2D eigenvalue weighted by molar-refractivity contribution is 7.89. The molecule has 0 saturated carbocycles. The van der Waals surface area contributed by atoms with Crippen LogP contribution in [0, 0.1) is 6.92 Å². The van der Waals surface area contributed by atoms with E-state index in [9.17, 15) is 13.2 Å². The number of anilines is 1. The minimum Gasteiger partial charge on any atom is -0.456 e. The number of nitrogens with zero attached hydrogens (tertiary/aromatic N) is 2. The molecule has 0 spiro atoms. The molecule has 2 aliphatic rings. The normalized spacial score (nSPS) is 18.1. The highest BCUT2D eigenvalue weighted by Gasteiger charge is 2.31. The number of amides is 1. The zero-order valence-electron chi connectivity index (χ0n) is 14.5. The Labute approximate surface area is 152 Å². The third kappa shape index (κ3) is 2.94. The molecule has 8 heteroatoms. The molecule has 3 heterocycles. The van der Waals surface area contributed by atoms with Crippen molar-refractivity contribution in [1.82, 2.24) is 4.31 Å². The van der Waals surface area contributed by atoms with Gasteiger partial charge in [-0.1, -0.05) is 0 Å². The third-order valence-electron chi connectivity index (χ3n) is 4.75. The lowest BCUT2D eigenvalue weighted by Gasteiger charge is -2.26. The van der Waals surface area contributed by atoms with Gasteiger partial charge in [-0.2, -0.15) is 4.31 Å². The second-order valence-electron chi connectivity index (χ2n) is 6.42. The Morgan fingerprint density at radius 1 is 1.08 bits per heavy atom. The summed E-state index contributed by atoms with van der Waals surface area (Å²) in [6, 6.07) is 8.38. The van der Waals surface area contributed by atoms with Gasteiger partial charge >= 0.3 is 0 Å². The molecule has 1 fully saturated rings. The number of carbonyl (C=O) groups is 1. The number of aryl methyl sites for hydroxylation is 1. The summed E-state index contributed by atoms with van der Waals surface area (Å²) in [5, 5.41) is 0. The van der Waals surface area contributed by atoms with E-state index < -0.39 is 10.0 Å². The standard InChI is InChI=1S/C18H20N2O5S/c1-13-2-5-17(25-13)18(21)20-7-6-14-12-15(3-4-16(14)20)26(22,23)19-8-10-24-11-9-19/h2-5,12H,6-11H2,1H3. The molecule has 0 aliphatic carbocycles. The van der Waals surface area contributed by atoms with Crippen LogP contribution in [0.15, 0.2) is 39.6 Å². The van der Waals surface area contributed by atoms with E-state index in [0.29, 0.717) is 50.8 Å². The van der Waals surface area contributed by atoms with Crippen LogP contribution < -0.4 is 4.90 Å². The van der Waals surface area contributed by atoms with Gasteiger partial charge in [0.1, 0.15) is 5.76 Å². The third-order valence-corrected chi connectivity index (χ3v) is 6.65. The topological polar surface area (TPSA) is 80.1 Å². The molecule has 1 amide bonds. The predicted molar refractivity (Wildman–Crippen MR) is 94.8 cm³/mol. The molecule has 4 rings (SSSR count). The molecule has 2 aromatic rings. The van der Waals surface area contributed by atoms with Gasteiger partial charge in [0.05, 0.1) is 18.1 Å². The minimum absolute atomic E-state index is 0.208. The molecule has 1 aromatic heterocycles. The summed E-state index contributed by atoms with van der Waals surface area (Å²) < 4.78 is 37.7. The van der Waals surface area contributed by atoms with Gasteiger partial charge < -0.3 is 14.1 Å². The van der Waals surface area contributed by atoms with Crippen LogP contribution in [0.3, 0.4) is 0 Å². The molecule has 1 aromatic carbocycles. The van der Waals surface area contributed by atoms with Crippen molar-refractivity contribution in [3.8, 4) is 0 Å². The average molecular weight is 376 g/mol. The number of furan rings is 1. The monoisotopic (exact) mass is 376 g/mol. The second kappa shape index (κ2) is 6.53. The van der Waals surface area contributed by atoms with Crippen LogP contribution in [-0.4, -0.2) is 51.5 Å². The maximum Gasteiger partial charge on any atom is 0.293 e. The quantitative estimate of drug-likeness (QED) is 0.816. The molecule has 138 valence electrons. The Kier molecular flexibility index (Phi) is 4.34. The van der Waals surface area contributed by atoms with E-state index in [0.717, 1.165) is 11.3 Å². The highest BCUT2D eigenvalue weighted by Crippen LogP contribution is 2.32. The van der Waals surface area contributed by atoms with Gasteiger partial charge in [0, 0.05) is 25.3 Å². The molecular formula is C18H20N2O5S. The summed E-state index contributed by atoms with van der Waals surface area (Å²) in [5.41, 5.74) is 1.60. The van der Waals surface area contributed by atoms with E-state index in [4.69, 9.17) is 9.15 Å². The number of hydrogen-bond acceptors (Lipinski definition) is 5. The van der Waals surface area contributed by atoms with E-state index in [1.165, 1.54) is 4.31 Å². The summed E-state index contributed by atoms with van der Waals surface area (Å²) in [5.74, 6) is 0.765. The number of morpholine rings is 1. The van der Waals surface area contributed by atoms with Crippen LogP contribution in [0.25, 0.3) is 0 Å². The molecule has 0 N–H and O–H groups in total. The first kappa shape index (κ1) is 17.3. The summed E-state index contributed by atoms with van der Waals surface area (Å²) in [6.07, 6.45) is 0.618. The first-order valence-electron chi connectivity index (χ1n) is 8.56. The van der Waals surface area contributed by atoms with Crippen molar-refractivity contribution >= 4 is 21.6 Å². The molecular weight excluding hydrogens is 356 g/mol. The maximum absolute atomic E-state index is 12.8. The van der Waals surface area contributed by atoms with Crippen LogP contribution in [0.1, 0.15) is 21.9 Å². The molecule has 2 aliphatic heterocycles. The molecule has 7 nitrogen and oxygen atoms in total.